The van der Waals surface area contributed by atoms with Crippen molar-refractivity contribution in [2.45, 2.75) is 0 Å². The molecule has 1 aromatic rings. The fourth-order valence-corrected chi connectivity index (χ4v) is 2.55. The summed E-state index contributed by atoms with van der Waals surface area (Å²) < 4.78 is 0. The molecule has 21 heavy (non-hydrogen) atoms. The SMILES string of the molecule is CNC(=O)CN1CCN(C(=O)c2cc(N)cc(Cl)c2)CC1. The maximum absolute atomic E-state index is 12.4. The molecule has 1 fully saturated rings. The van der Waals surface area contributed by atoms with Crippen molar-refractivity contribution >= 4 is 29.1 Å². The molecule has 0 spiro atoms. The van der Waals surface area contributed by atoms with Crippen LogP contribution < -0.4 is 11.1 Å². The summed E-state index contributed by atoms with van der Waals surface area (Å²) in [5.74, 6) is -0.0961. The van der Waals surface area contributed by atoms with Crippen LogP contribution in [0.2, 0.25) is 5.02 Å². The zero-order valence-electron chi connectivity index (χ0n) is 11.9. The Morgan fingerprint density at radius 3 is 2.48 bits per heavy atom. The maximum Gasteiger partial charge on any atom is 0.254 e. The van der Waals surface area contributed by atoms with Gasteiger partial charge >= 0.3 is 0 Å². The van der Waals surface area contributed by atoms with Gasteiger partial charge in [0.05, 0.1) is 6.54 Å². The number of piperazine rings is 1. The summed E-state index contributed by atoms with van der Waals surface area (Å²) in [6.07, 6.45) is 0. The van der Waals surface area contributed by atoms with E-state index in [1.807, 2.05) is 4.90 Å². The van der Waals surface area contributed by atoms with E-state index in [2.05, 4.69) is 5.32 Å². The number of likely N-dealkylation sites (N-methyl/N-ethyl adjacent to an activating group) is 1. The van der Waals surface area contributed by atoms with E-state index in [9.17, 15) is 9.59 Å². The Labute approximate surface area is 128 Å². The molecule has 1 saturated heterocycles. The first kappa shape index (κ1) is 15.6. The third kappa shape index (κ3) is 4.09. The topological polar surface area (TPSA) is 78.7 Å². The number of carbonyl (C=O) groups is 2. The number of hydrogen-bond acceptors (Lipinski definition) is 4. The fourth-order valence-electron chi connectivity index (χ4n) is 2.31. The van der Waals surface area contributed by atoms with E-state index < -0.39 is 0 Å². The molecule has 6 nitrogen and oxygen atoms in total. The van der Waals surface area contributed by atoms with Crippen LogP contribution in [-0.4, -0.2) is 61.4 Å². The Kier molecular flexibility index (Phi) is 5.03. The molecule has 1 aromatic carbocycles. The smallest absolute Gasteiger partial charge is 0.254 e. The molecule has 0 unspecified atom stereocenters. The van der Waals surface area contributed by atoms with Crippen LogP contribution in [0.15, 0.2) is 18.2 Å². The van der Waals surface area contributed by atoms with Crippen LogP contribution in [0.1, 0.15) is 10.4 Å². The summed E-state index contributed by atoms with van der Waals surface area (Å²) in [5.41, 5.74) is 6.69. The molecule has 114 valence electrons. The molecule has 0 aliphatic carbocycles. The highest BCUT2D eigenvalue weighted by Crippen LogP contribution is 2.18. The van der Waals surface area contributed by atoms with E-state index in [0.29, 0.717) is 49.0 Å². The van der Waals surface area contributed by atoms with Gasteiger partial charge in [-0.1, -0.05) is 11.6 Å². The lowest BCUT2D eigenvalue weighted by Gasteiger charge is -2.34. The first-order valence-electron chi connectivity index (χ1n) is 6.78. The first-order chi connectivity index (χ1) is 9.99. The van der Waals surface area contributed by atoms with Crippen LogP contribution in [0.5, 0.6) is 0 Å². The minimum atomic E-state index is -0.0798. The monoisotopic (exact) mass is 310 g/mol. The molecule has 0 radical (unpaired) electrons. The van der Waals surface area contributed by atoms with Gasteiger partial charge < -0.3 is 16.0 Å². The Morgan fingerprint density at radius 2 is 1.90 bits per heavy atom. The highest BCUT2D eigenvalue weighted by Gasteiger charge is 2.23. The number of halogens is 1. The average molecular weight is 311 g/mol. The first-order valence-corrected chi connectivity index (χ1v) is 7.15. The molecule has 1 aliphatic heterocycles. The highest BCUT2D eigenvalue weighted by atomic mass is 35.5. The molecule has 0 atom stereocenters. The predicted octanol–water partition coefficient (Wildman–Crippen LogP) is 0.426. The normalized spacial score (nSPS) is 15.8. The Morgan fingerprint density at radius 1 is 1.24 bits per heavy atom. The van der Waals surface area contributed by atoms with Gasteiger partial charge in [0.15, 0.2) is 0 Å². The van der Waals surface area contributed by atoms with Crippen molar-refractivity contribution in [3.8, 4) is 0 Å². The number of nitrogens with zero attached hydrogens (tertiary/aromatic N) is 2. The van der Waals surface area contributed by atoms with E-state index in [0.717, 1.165) is 0 Å². The third-order valence-electron chi connectivity index (χ3n) is 3.47. The van der Waals surface area contributed by atoms with Crippen molar-refractivity contribution in [3.05, 3.63) is 28.8 Å². The maximum atomic E-state index is 12.4. The largest absolute Gasteiger partial charge is 0.399 e. The van der Waals surface area contributed by atoms with Crippen LogP contribution in [0.4, 0.5) is 5.69 Å². The van der Waals surface area contributed by atoms with Crippen molar-refractivity contribution in [1.82, 2.24) is 15.1 Å². The molecule has 1 aliphatic rings. The van der Waals surface area contributed by atoms with Crippen molar-refractivity contribution in [2.75, 3.05) is 45.5 Å². The van der Waals surface area contributed by atoms with Crippen molar-refractivity contribution < 1.29 is 9.59 Å². The molecular formula is C14H19ClN4O2. The number of anilines is 1. The van der Waals surface area contributed by atoms with Crippen LogP contribution in [0.3, 0.4) is 0 Å². The molecule has 0 saturated carbocycles. The number of benzene rings is 1. The number of amides is 2. The molecule has 2 rings (SSSR count). The van der Waals surface area contributed by atoms with Gasteiger partial charge in [0, 0.05) is 49.5 Å². The lowest BCUT2D eigenvalue weighted by molar-refractivity contribution is -0.122. The van der Waals surface area contributed by atoms with Gasteiger partial charge in [-0.2, -0.15) is 0 Å². The highest BCUT2D eigenvalue weighted by molar-refractivity contribution is 6.31. The van der Waals surface area contributed by atoms with E-state index >= 15 is 0 Å². The molecule has 0 aromatic heterocycles. The number of nitrogens with two attached hydrogens (primary N) is 1. The average Bonchev–Trinajstić information content (AvgIpc) is 2.46. The Bertz CT molecular complexity index is 522. The van der Waals surface area contributed by atoms with Crippen LogP contribution in [0, 0.1) is 0 Å². The number of hydrogen-bond donors (Lipinski definition) is 2. The molecule has 0 bridgehead atoms. The van der Waals surface area contributed by atoms with Gasteiger partial charge in [0.25, 0.3) is 5.91 Å². The van der Waals surface area contributed by atoms with Gasteiger partial charge in [0.1, 0.15) is 0 Å². The van der Waals surface area contributed by atoms with Crippen LogP contribution in [0.25, 0.3) is 0 Å². The van der Waals surface area contributed by atoms with Crippen molar-refractivity contribution in [3.63, 3.8) is 0 Å². The molecule has 1 heterocycles. The quantitative estimate of drug-likeness (QED) is 0.793. The van der Waals surface area contributed by atoms with E-state index in [1.165, 1.54) is 0 Å². The Hall–Kier alpha value is -1.79. The molecule has 2 amide bonds. The molecule has 7 heteroatoms. The lowest BCUT2D eigenvalue weighted by atomic mass is 10.1. The number of nitrogens with one attached hydrogen (secondary N) is 1. The second-order valence-electron chi connectivity index (χ2n) is 5.01. The zero-order chi connectivity index (χ0) is 15.4. The minimum absolute atomic E-state index is 0.0163. The van der Waals surface area contributed by atoms with E-state index in [-0.39, 0.29) is 11.8 Å². The van der Waals surface area contributed by atoms with E-state index in [1.54, 1.807) is 30.1 Å². The molecule has 3 N–H and O–H groups in total. The second kappa shape index (κ2) is 6.78. The summed E-state index contributed by atoms with van der Waals surface area (Å²) >= 11 is 5.93. The predicted molar refractivity (Wildman–Crippen MR) is 82.3 cm³/mol. The van der Waals surface area contributed by atoms with E-state index in [4.69, 9.17) is 17.3 Å². The standard InChI is InChI=1S/C14H19ClN4O2/c1-17-13(20)9-18-2-4-19(5-3-18)14(21)10-6-11(15)8-12(16)7-10/h6-8H,2-5,9,16H2,1H3,(H,17,20). The van der Waals surface area contributed by atoms with Gasteiger partial charge in [-0.25, -0.2) is 0 Å². The molecular weight excluding hydrogens is 292 g/mol. The Balaban J connectivity index is 1.95. The summed E-state index contributed by atoms with van der Waals surface area (Å²) in [5, 5.41) is 3.05. The summed E-state index contributed by atoms with van der Waals surface area (Å²) in [4.78, 5) is 27.5. The number of carbonyl (C=O) groups excluding carboxylic acids is 2. The van der Waals surface area contributed by atoms with Crippen molar-refractivity contribution in [1.29, 1.82) is 0 Å². The third-order valence-corrected chi connectivity index (χ3v) is 3.69. The van der Waals surface area contributed by atoms with Gasteiger partial charge in [-0.05, 0) is 18.2 Å². The summed E-state index contributed by atoms with van der Waals surface area (Å²) in [7, 11) is 1.62. The van der Waals surface area contributed by atoms with Crippen molar-refractivity contribution in [2.24, 2.45) is 0 Å². The minimum Gasteiger partial charge on any atom is -0.399 e. The number of rotatable bonds is 3. The van der Waals surface area contributed by atoms with Gasteiger partial charge in [-0.15, -0.1) is 0 Å². The second-order valence-corrected chi connectivity index (χ2v) is 5.45. The zero-order valence-corrected chi connectivity index (χ0v) is 12.7. The van der Waals surface area contributed by atoms with Gasteiger partial charge in [-0.3, -0.25) is 14.5 Å². The summed E-state index contributed by atoms with van der Waals surface area (Å²) in [6.45, 7) is 2.89. The lowest BCUT2D eigenvalue weighted by Crippen LogP contribution is -2.50. The number of nitrogen functional groups attached to an aromatic ring is 1. The van der Waals surface area contributed by atoms with Gasteiger partial charge in [0.2, 0.25) is 5.91 Å². The van der Waals surface area contributed by atoms with Crippen LogP contribution in [-0.2, 0) is 4.79 Å². The summed E-state index contributed by atoms with van der Waals surface area (Å²) in [6, 6.07) is 4.86. The van der Waals surface area contributed by atoms with Crippen LogP contribution >= 0.6 is 11.6 Å². The fraction of sp³-hybridized carbons (Fsp3) is 0.429.